The number of hydrogen-bond acceptors (Lipinski definition) is 2. The lowest BCUT2D eigenvalue weighted by Gasteiger charge is -2.09. The lowest BCUT2D eigenvalue weighted by molar-refractivity contribution is 0.626. The molecule has 3 nitrogen and oxygen atoms in total. The summed E-state index contributed by atoms with van der Waals surface area (Å²) in [5.74, 6) is 0.770. The first-order valence-electron chi connectivity index (χ1n) is 5.44. The van der Waals surface area contributed by atoms with E-state index in [-0.39, 0.29) is 5.56 Å². The summed E-state index contributed by atoms with van der Waals surface area (Å²) in [6.45, 7) is 2.54. The molecule has 1 aromatic heterocycles. The zero-order chi connectivity index (χ0) is 12.3. The van der Waals surface area contributed by atoms with Gasteiger partial charge in [-0.15, -0.1) is 0 Å². The zero-order valence-corrected chi connectivity index (χ0v) is 11.7. The van der Waals surface area contributed by atoms with Crippen molar-refractivity contribution >= 4 is 22.6 Å². The van der Waals surface area contributed by atoms with Crippen molar-refractivity contribution in [3.8, 4) is 0 Å². The predicted molar refractivity (Wildman–Crippen MR) is 76.1 cm³/mol. The van der Waals surface area contributed by atoms with Crippen molar-refractivity contribution in [1.29, 1.82) is 0 Å². The third-order valence-corrected chi connectivity index (χ3v) is 3.41. The molecule has 0 N–H and O–H groups in total. The van der Waals surface area contributed by atoms with E-state index in [4.69, 9.17) is 0 Å². The van der Waals surface area contributed by atoms with Crippen LogP contribution in [0.4, 0.5) is 0 Å². The van der Waals surface area contributed by atoms with Gasteiger partial charge in [-0.25, -0.2) is 4.98 Å². The molecule has 0 spiro atoms. The molecule has 0 fully saturated rings. The van der Waals surface area contributed by atoms with Crippen molar-refractivity contribution in [3.63, 3.8) is 0 Å². The molecular weight excluding hydrogens is 327 g/mol. The summed E-state index contributed by atoms with van der Waals surface area (Å²) in [5, 5.41) is 0. The molecule has 0 bridgehead atoms. The standard InChI is InChI=1S/C13H13IN2O/c1-10-15-9-12(14)13(17)16(10)8-7-11-5-3-2-4-6-11/h2-6,9H,7-8H2,1H3. The van der Waals surface area contributed by atoms with E-state index in [9.17, 15) is 4.79 Å². The number of aromatic nitrogens is 2. The molecule has 17 heavy (non-hydrogen) atoms. The van der Waals surface area contributed by atoms with Crippen molar-refractivity contribution in [1.82, 2.24) is 9.55 Å². The van der Waals surface area contributed by atoms with Gasteiger partial charge < -0.3 is 0 Å². The minimum Gasteiger partial charge on any atom is -0.296 e. The number of aryl methyl sites for hydroxylation is 2. The third-order valence-electron chi connectivity index (χ3n) is 2.67. The first-order valence-corrected chi connectivity index (χ1v) is 6.52. The molecule has 1 aromatic carbocycles. The van der Waals surface area contributed by atoms with Crippen LogP contribution in [0.3, 0.4) is 0 Å². The lowest BCUT2D eigenvalue weighted by atomic mass is 10.1. The molecule has 0 saturated carbocycles. The van der Waals surface area contributed by atoms with Gasteiger partial charge in [0.15, 0.2) is 0 Å². The second kappa shape index (κ2) is 5.44. The molecule has 2 rings (SSSR count). The Hall–Kier alpha value is -1.17. The van der Waals surface area contributed by atoms with Crippen molar-refractivity contribution in [2.45, 2.75) is 19.9 Å². The number of halogens is 1. The maximum Gasteiger partial charge on any atom is 0.266 e. The zero-order valence-electron chi connectivity index (χ0n) is 9.56. The summed E-state index contributed by atoms with van der Waals surface area (Å²) >= 11 is 2.03. The highest BCUT2D eigenvalue weighted by Crippen LogP contribution is 2.03. The number of benzene rings is 1. The van der Waals surface area contributed by atoms with Crippen LogP contribution in [0.25, 0.3) is 0 Å². The fourth-order valence-electron chi connectivity index (χ4n) is 1.70. The normalized spacial score (nSPS) is 10.5. The Kier molecular flexibility index (Phi) is 3.93. The highest BCUT2D eigenvalue weighted by atomic mass is 127. The van der Waals surface area contributed by atoms with Gasteiger partial charge in [-0.1, -0.05) is 30.3 Å². The van der Waals surface area contributed by atoms with Gasteiger partial charge in [0.2, 0.25) is 0 Å². The van der Waals surface area contributed by atoms with Gasteiger partial charge in [-0.2, -0.15) is 0 Å². The van der Waals surface area contributed by atoms with Gasteiger partial charge in [-0.05, 0) is 41.5 Å². The summed E-state index contributed by atoms with van der Waals surface area (Å²) in [4.78, 5) is 16.1. The Bertz CT molecular complexity index is 563. The number of rotatable bonds is 3. The van der Waals surface area contributed by atoms with Crippen LogP contribution in [0.15, 0.2) is 41.3 Å². The monoisotopic (exact) mass is 340 g/mol. The Balaban J connectivity index is 2.20. The molecule has 0 aliphatic heterocycles. The largest absolute Gasteiger partial charge is 0.296 e. The second-order valence-corrected chi connectivity index (χ2v) is 5.01. The lowest BCUT2D eigenvalue weighted by Crippen LogP contribution is -2.26. The van der Waals surface area contributed by atoms with Crippen LogP contribution in [0.5, 0.6) is 0 Å². The summed E-state index contributed by atoms with van der Waals surface area (Å²) in [5.41, 5.74) is 1.28. The molecule has 88 valence electrons. The summed E-state index contributed by atoms with van der Waals surface area (Å²) in [6.07, 6.45) is 2.47. The molecule has 2 aromatic rings. The van der Waals surface area contributed by atoms with Gasteiger partial charge in [0.05, 0.1) is 3.57 Å². The van der Waals surface area contributed by atoms with Crippen LogP contribution in [0.2, 0.25) is 0 Å². The second-order valence-electron chi connectivity index (χ2n) is 3.85. The van der Waals surface area contributed by atoms with Crippen molar-refractivity contribution < 1.29 is 0 Å². The van der Waals surface area contributed by atoms with E-state index in [1.807, 2.05) is 47.7 Å². The molecule has 4 heteroatoms. The highest BCUT2D eigenvalue weighted by Gasteiger charge is 2.05. The fourth-order valence-corrected chi connectivity index (χ4v) is 2.13. The van der Waals surface area contributed by atoms with E-state index in [0.717, 1.165) is 12.2 Å². The van der Waals surface area contributed by atoms with Crippen molar-refractivity contribution in [2.75, 3.05) is 0 Å². The SMILES string of the molecule is Cc1ncc(I)c(=O)n1CCc1ccccc1. The summed E-state index contributed by atoms with van der Waals surface area (Å²) in [6, 6.07) is 10.2. The van der Waals surface area contributed by atoms with Crippen molar-refractivity contribution in [2.24, 2.45) is 0 Å². The molecule has 1 heterocycles. The Morgan fingerprint density at radius 2 is 2.00 bits per heavy atom. The van der Waals surface area contributed by atoms with E-state index in [1.54, 1.807) is 10.8 Å². The summed E-state index contributed by atoms with van der Waals surface area (Å²) in [7, 11) is 0. The van der Waals surface area contributed by atoms with Crippen LogP contribution >= 0.6 is 22.6 Å². The van der Waals surface area contributed by atoms with E-state index >= 15 is 0 Å². The Morgan fingerprint density at radius 1 is 1.29 bits per heavy atom. The highest BCUT2D eigenvalue weighted by molar-refractivity contribution is 14.1. The maximum atomic E-state index is 11.9. The van der Waals surface area contributed by atoms with Gasteiger partial charge in [0.1, 0.15) is 5.82 Å². The molecule has 0 aliphatic carbocycles. The smallest absolute Gasteiger partial charge is 0.266 e. The number of nitrogens with zero attached hydrogens (tertiary/aromatic N) is 2. The van der Waals surface area contributed by atoms with Crippen LogP contribution in [-0.4, -0.2) is 9.55 Å². The van der Waals surface area contributed by atoms with Crippen LogP contribution < -0.4 is 5.56 Å². The Labute approximate surface area is 114 Å². The van der Waals surface area contributed by atoms with Gasteiger partial charge in [0, 0.05) is 12.7 Å². The van der Waals surface area contributed by atoms with E-state index < -0.39 is 0 Å². The maximum absolute atomic E-state index is 11.9. The van der Waals surface area contributed by atoms with Gasteiger partial charge in [0.25, 0.3) is 5.56 Å². The van der Waals surface area contributed by atoms with Gasteiger partial charge in [-0.3, -0.25) is 9.36 Å². The van der Waals surface area contributed by atoms with Crippen molar-refractivity contribution in [3.05, 3.63) is 61.8 Å². The topological polar surface area (TPSA) is 34.9 Å². The molecule has 0 amide bonds. The third kappa shape index (κ3) is 2.94. The Morgan fingerprint density at radius 3 is 2.71 bits per heavy atom. The first-order chi connectivity index (χ1) is 8.18. The summed E-state index contributed by atoms with van der Waals surface area (Å²) < 4.78 is 2.40. The predicted octanol–water partition coefficient (Wildman–Crippen LogP) is 2.40. The van der Waals surface area contributed by atoms with Crippen LogP contribution in [0.1, 0.15) is 11.4 Å². The molecule has 0 unspecified atom stereocenters. The molecule has 0 aliphatic rings. The average molecular weight is 340 g/mol. The quantitative estimate of drug-likeness (QED) is 0.805. The fraction of sp³-hybridized carbons (Fsp3) is 0.231. The van der Waals surface area contributed by atoms with E-state index in [1.165, 1.54) is 5.56 Å². The van der Waals surface area contributed by atoms with Gasteiger partial charge >= 0.3 is 0 Å². The molecule has 0 saturated heterocycles. The molecule has 0 atom stereocenters. The minimum absolute atomic E-state index is 0.0500. The van der Waals surface area contributed by atoms with Crippen LogP contribution in [0, 0.1) is 10.5 Å². The first kappa shape index (κ1) is 12.3. The minimum atomic E-state index is 0.0500. The van der Waals surface area contributed by atoms with E-state index in [2.05, 4.69) is 17.1 Å². The molecule has 0 radical (unpaired) electrons. The average Bonchev–Trinajstić information content (AvgIpc) is 2.35. The molecular formula is C13H13IN2O. The van der Waals surface area contributed by atoms with E-state index in [0.29, 0.717) is 10.1 Å². The van der Waals surface area contributed by atoms with Crippen LogP contribution in [-0.2, 0) is 13.0 Å². The number of hydrogen-bond donors (Lipinski definition) is 0.